The first-order chi connectivity index (χ1) is 19.7. The van der Waals surface area contributed by atoms with Crippen LogP contribution in [0.5, 0.6) is 11.5 Å². The number of carbonyl (C=O) groups excluding carboxylic acids is 1. The lowest BCUT2D eigenvalue weighted by Gasteiger charge is -2.16. The molecule has 0 aliphatic carbocycles. The maximum atomic E-state index is 15.2. The number of aryl methyl sites for hydroxylation is 1. The first-order valence-electron chi connectivity index (χ1n) is 12.0. The third-order valence-electron chi connectivity index (χ3n) is 5.78. The molecule has 0 atom stereocenters. The highest BCUT2D eigenvalue weighted by atomic mass is 32.2. The van der Waals surface area contributed by atoms with E-state index in [9.17, 15) is 14.9 Å². The summed E-state index contributed by atoms with van der Waals surface area (Å²) in [6, 6.07) is 13.7. The van der Waals surface area contributed by atoms with Crippen LogP contribution in [0.3, 0.4) is 0 Å². The van der Waals surface area contributed by atoms with Crippen LogP contribution in [0.1, 0.15) is 11.1 Å². The van der Waals surface area contributed by atoms with Crippen LogP contribution in [0.4, 0.5) is 27.3 Å². The number of ether oxygens (including phenoxy) is 2. The van der Waals surface area contributed by atoms with Crippen LogP contribution < -0.4 is 20.1 Å². The SMILES string of the molecule is COc1cc2nc(SCC(=O)Nc3ccc([N+](=O)[O-])cc3)nc(Nc3c(C)cc(/C=C/C#N)cc3F)c2cc1OC. The van der Waals surface area contributed by atoms with Gasteiger partial charge in [0.1, 0.15) is 11.6 Å². The second-order valence-corrected chi connectivity index (χ2v) is 9.44. The van der Waals surface area contributed by atoms with Crippen LogP contribution in [0.15, 0.2) is 59.8 Å². The third kappa shape index (κ3) is 6.87. The van der Waals surface area contributed by atoms with E-state index >= 15 is 4.39 Å². The minimum Gasteiger partial charge on any atom is -0.493 e. The molecule has 0 aliphatic heterocycles. The summed E-state index contributed by atoms with van der Waals surface area (Å²) in [6.45, 7) is 1.72. The quantitative estimate of drug-likeness (QED) is 0.0756. The number of carbonyl (C=O) groups is 1. The molecule has 0 spiro atoms. The summed E-state index contributed by atoms with van der Waals surface area (Å²) in [5, 5.41) is 26.1. The minimum atomic E-state index is -0.550. The molecule has 0 radical (unpaired) electrons. The van der Waals surface area contributed by atoms with Gasteiger partial charge in [0.15, 0.2) is 16.7 Å². The Hall–Kier alpha value is -5.22. The fourth-order valence-corrected chi connectivity index (χ4v) is 4.52. The molecule has 11 nitrogen and oxygen atoms in total. The number of nitro benzene ring substituents is 1. The third-order valence-corrected chi connectivity index (χ3v) is 6.63. The zero-order valence-corrected chi connectivity index (χ0v) is 22.9. The van der Waals surface area contributed by atoms with E-state index in [-0.39, 0.29) is 34.0 Å². The molecule has 2 N–H and O–H groups in total. The van der Waals surface area contributed by atoms with E-state index in [1.54, 1.807) is 25.1 Å². The molecule has 1 aromatic heterocycles. The summed E-state index contributed by atoms with van der Waals surface area (Å²) in [5.74, 6) is 0.124. The van der Waals surface area contributed by atoms with Crippen molar-refractivity contribution in [3.8, 4) is 17.6 Å². The van der Waals surface area contributed by atoms with Gasteiger partial charge in [0, 0.05) is 35.3 Å². The molecule has 208 valence electrons. The molecule has 0 bridgehead atoms. The highest BCUT2D eigenvalue weighted by Crippen LogP contribution is 2.37. The number of nitrogens with zero attached hydrogens (tertiary/aromatic N) is 4. The van der Waals surface area contributed by atoms with Gasteiger partial charge in [0.05, 0.1) is 42.2 Å². The molecule has 0 unspecified atom stereocenters. The zero-order valence-electron chi connectivity index (χ0n) is 22.1. The highest BCUT2D eigenvalue weighted by Gasteiger charge is 2.17. The summed E-state index contributed by atoms with van der Waals surface area (Å²) in [4.78, 5) is 32.0. The Balaban J connectivity index is 1.65. The Labute approximate surface area is 238 Å². The van der Waals surface area contributed by atoms with Gasteiger partial charge in [0.25, 0.3) is 5.69 Å². The van der Waals surface area contributed by atoms with Gasteiger partial charge >= 0.3 is 0 Å². The zero-order chi connectivity index (χ0) is 29.5. The van der Waals surface area contributed by atoms with Gasteiger partial charge in [0.2, 0.25) is 5.91 Å². The summed E-state index contributed by atoms with van der Waals surface area (Å²) in [7, 11) is 2.98. The van der Waals surface area contributed by atoms with Gasteiger partial charge in [-0.2, -0.15) is 5.26 Å². The van der Waals surface area contributed by atoms with Gasteiger partial charge < -0.3 is 20.1 Å². The number of aromatic nitrogens is 2. The van der Waals surface area contributed by atoms with Crippen molar-refractivity contribution >= 4 is 57.5 Å². The van der Waals surface area contributed by atoms with Crippen LogP contribution in [0, 0.1) is 34.2 Å². The molecular formula is C28H23FN6O5S. The number of nitro groups is 1. The Morgan fingerprint density at radius 1 is 1.15 bits per heavy atom. The number of methoxy groups -OCH3 is 2. The van der Waals surface area contributed by atoms with Crippen LogP contribution in [0.2, 0.25) is 0 Å². The predicted octanol–water partition coefficient (Wildman–Crippen LogP) is 6.01. The normalized spacial score (nSPS) is 10.8. The van der Waals surface area contributed by atoms with Crippen LogP contribution >= 0.6 is 11.8 Å². The van der Waals surface area contributed by atoms with Crippen molar-refractivity contribution in [1.29, 1.82) is 5.26 Å². The fraction of sp³-hybridized carbons (Fsp3) is 0.143. The van der Waals surface area contributed by atoms with E-state index < -0.39 is 10.7 Å². The number of benzene rings is 3. The van der Waals surface area contributed by atoms with Crippen LogP contribution in [0.25, 0.3) is 17.0 Å². The Bertz CT molecular complexity index is 1680. The number of anilines is 3. The predicted molar refractivity (Wildman–Crippen MR) is 154 cm³/mol. The van der Waals surface area contributed by atoms with Crippen molar-refractivity contribution in [3.63, 3.8) is 0 Å². The van der Waals surface area contributed by atoms with Gasteiger partial charge in [-0.05, 0) is 54.5 Å². The smallest absolute Gasteiger partial charge is 0.269 e. The fourth-order valence-electron chi connectivity index (χ4n) is 3.86. The average molecular weight is 575 g/mol. The number of nitrogens with one attached hydrogen (secondary N) is 2. The minimum absolute atomic E-state index is 0.0669. The Morgan fingerprint density at radius 3 is 2.49 bits per heavy atom. The number of thioether (sulfide) groups is 1. The van der Waals surface area contributed by atoms with Crippen molar-refractivity contribution < 1.29 is 23.6 Å². The molecule has 4 aromatic rings. The van der Waals surface area contributed by atoms with Gasteiger partial charge in [-0.15, -0.1) is 0 Å². The summed E-state index contributed by atoms with van der Waals surface area (Å²) in [6.07, 6.45) is 2.77. The number of fused-ring (bicyclic) bond motifs is 1. The lowest BCUT2D eigenvalue weighted by Crippen LogP contribution is -2.14. The van der Waals surface area contributed by atoms with E-state index in [1.807, 2.05) is 6.07 Å². The molecule has 0 fully saturated rings. The summed E-state index contributed by atoms with van der Waals surface area (Å²) < 4.78 is 26.0. The maximum Gasteiger partial charge on any atom is 0.269 e. The van der Waals surface area contributed by atoms with E-state index in [0.717, 1.165) is 11.8 Å². The number of hydrogen-bond acceptors (Lipinski definition) is 10. The van der Waals surface area contributed by atoms with Gasteiger partial charge in [-0.25, -0.2) is 14.4 Å². The van der Waals surface area contributed by atoms with Crippen LogP contribution in [-0.2, 0) is 4.79 Å². The number of hydrogen-bond donors (Lipinski definition) is 2. The maximum absolute atomic E-state index is 15.2. The number of nitriles is 1. The number of allylic oxidation sites excluding steroid dienone is 1. The standard InChI is InChI=1S/C28H23FN6O5S/c1-16-11-17(5-4-10-30)12-21(29)26(16)33-27-20-13-23(39-2)24(40-3)14-22(20)32-28(34-27)41-15-25(36)31-18-6-8-19(9-7-18)35(37)38/h4-9,11-14H,15H2,1-3H3,(H,31,36)(H,32,33,34)/b5-4+. The molecule has 41 heavy (non-hydrogen) atoms. The number of amides is 1. The van der Waals surface area contributed by atoms with Crippen molar-refractivity contribution in [2.75, 3.05) is 30.6 Å². The van der Waals surface area contributed by atoms with Gasteiger partial charge in [-0.3, -0.25) is 14.9 Å². The molecule has 0 saturated carbocycles. The van der Waals surface area contributed by atoms with Gasteiger partial charge in [-0.1, -0.05) is 11.8 Å². The number of non-ortho nitro benzene ring substituents is 1. The van der Waals surface area contributed by atoms with Crippen molar-refractivity contribution in [2.45, 2.75) is 12.1 Å². The van der Waals surface area contributed by atoms with E-state index in [0.29, 0.717) is 39.2 Å². The molecular weight excluding hydrogens is 551 g/mol. The molecule has 3 aromatic carbocycles. The number of halogens is 1. The monoisotopic (exact) mass is 574 g/mol. The molecule has 13 heteroatoms. The second kappa shape index (κ2) is 12.8. The van der Waals surface area contributed by atoms with Crippen molar-refractivity contribution in [3.05, 3.63) is 81.7 Å². The molecule has 1 amide bonds. The first kappa shape index (κ1) is 28.8. The summed E-state index contributed by atoms with van der Waals surface area (Å²) >= 11 is 1.05. The van der Waals surface area contributed by atoms with Crippen LogP contribution in [-0.4, -0.2) is 40.8 Å². The lowest BCUT2D eigenvalue weighted by molar-refractivity contribution is -0.384. The average Bonchev–Trinajstić information content (AvgIpc) is 2.96. The van der Waals surface area contributed by atoms with Crippen molar-refractivity contribution in [2.24, 2.45) is 0 Å². The number of rotatable bonds is 10. The highest BCUT2D eigenvalue weighted by molar-refractivity contribution is 7.99. The largest absolute Gasteiger partial charge is 0.493 e. The molecule has 1 heterocycles. The summed E-state index contributed by atoms with van der Waals surface area (Å²) in [5.41, 5.74) is 2.06. The second-order valence-electron chi connectivity index (χ2n) is 8.50. The van der Waals surface area contributed by atoms with E-state index in [4.69, 9.17) is 14.7 Å². The van der Waals surface area contributed by atoms with Crippen molar-refractivity contribution in [1.82, 2.24) is 9.97 Å². The van der Waals surface area contributed by atoms with E-state index in [2.05, 4.69) is 20.6 Å². The Kier molecular flexibility index (Phi) is 8.95. The lowest BCUT2D eigenvalue weighted by atomic mass is 10.1. The first-order valence-corrected chi connectivity index (χ1v) is 12.9. The van der Waals surface area contributed by atoms with E-state index in [1.165, 1.54) is 56.7 Å². The molecule has 0 saturated heterocycles. The molecule has 0 aliphatic rings. The Morgan fingerprint density at radius 2 is 1.85 bits per heavy atom. The molecule has 4 rings (SSSR count). The topological polar surface area (TPSA) is 152 Å².